The molecule has 1 aliphatic carbocycles. The van der Waals surface area contributed by atoms with Gasteiger partial charge in [-0.05, 0) is 34.5 Å². The summed E-state index contributed by atoms with van der Waals surface area (Å²) in [4.78, 5) is 7.75. The van der Waals surface area contributed by atoms with Crippen molar-refractivity contribution in [3.63, 3.8) is 0 Å². The number of phenolic OH excluding ortho intramolecular Hbond substituents is 1. The van der Waals surface area contributed by atoms with Crippen LogP contribution in [-0.2, 0) is 5.41 Å². The van der Waals surface area contributed by atoms with Crippen LogP contribution < -0.4 is 0 Å². The Morgan fingerprint density at radius 3 is 2.95 bits per heavy atom. The number of aromatic nitrogens is 2. The van der Waals surface area contributed by atoms with Gasteiger partial charge in [0, 0.05) is 17.3 Å². The smallest absolute Gasteiger partial charge is 0.141 e. The van der Waals surface area contributed by atoms with Gasteiger partial charge in [0.15, 0.2) is 0 Å². The summed E-state index contributed by atoms with van der Waals surface area (Å²) in [5.41, 5.74) is 1.68. The van der Waals surface area contributed by atoms with Gasteiger partial charge in [-0.15, -0.1) is 0 Å². The van der Waals surface area contributed by atoms with E-state index in [9.17, 15) is 5.11 Å². The molecule has 0 radical (unpaired) electrons. The van der Waals surface area contributed by atoms with E-state index < -0.39 is 0 Å². The minimum Gasteiger partial charge on any atom is -0.506 e. The van der Waals surface area contributed by atoms with Crippen LogP contribution in [0.3, 0.4) is 0 Å². The summed E-state index contributed by atoms with van der Waals surface area (Å²) in [6.07, 6.45) is 11.2. The molecule has 20 heavy (non-hydrogen) atoms. The van der Waals surface area contributed by atoms with Crippen molar-refractivity contribution in [2.75, 3.05) is 0 Å². The second-order valence-corrected chi connectivity index (χ2v) is 6.04. The predicted molar refractivity (Wildman–Crippen MR) is 83.6 cm³/mol. The number of para-hydroxylation sites is 1. The van der Waals surface area contributed by atoms with Gasteiger partial charge in [0.2, 0.25) is 0 Å². The third-order valence-corrected chi connectivity index (χ3v) is 4.33. The lowest BCUT2D eigenvalue weighted by Gasteiger charge is -2.24. The SMILES string of the molecule is CC1(c2cnc(-c3cccc(Br)c3O)[nH]2)C=CC=CC1. The van der Waals surface area contributed by atoms with Crippen molar-refractivity contribution in [2.24, 2.45) is 0 Å². The number of hydrogen-bond donors (Lipinski definition) is 2. The number of nitrogens with zero attached hydrogens (tertiary/aromatic N) is 1. The zero-order valence-electron chi connectivity index (χ0n) is 11.1. The van der Waals surface area contributed by atoms with Crippen LogP contribution in [0.1, 0.15) is 19.0 Å². The monoisotopic (exact) mass is 330 g/mol. The molecular formula is C16H15BrN2O. The Morgan fingerprint density at radius 1 is 1.35 bits per heavy atom. The molecule has 1 aliphatic rings. The Balaban J connectivity index is 2.00. The van der Waals surface area contributed by atoms with Crippen LogP contribution in [0.4, 0.5) is 0 Å². The number of rotatable bonds is 2. The van der Waals surface area contributed by atoms with E-state index in [1.165, 1.54) is 0 Å². The molecule has 0 aliphatic heterocycles. The van der Waals surface area contributed by atoms with Crippen molar-refractivity contribution >= 4 is 15.9 Å². The number of nitrogens with one attached hydrogen (secondary N) is 1. The Bertz CT molecular complexity index is 702. The highest BCUT2D eigenvalue weighted by atomic mass is 79.9. The maximum absolute atomic E-state index is 10.1. The van der Waals surface area contributed by atoms with Crippen molar-refractivity contribution in [3.05, 3.63) is 58.9 Å². The highest BCUT2D eigenvalue weighted by Crippen LogP contribution is 2.36. The zero-order chi connectivity index (χ0) is 14.2. The summed E-state index contributed by atoms with van der Waals surface area (Å²) in [5, 5.41) is 10.1. The molecule has 4 heteroatoms. The van der Waals surface area contributed by atoms with Crippen LogP contribution in [0.5, 0.6) is 5.75 Å². The van der Waals surface area contributed by atoms with Crippen LogP contribution in [0.15, 0.2) is 53.2 Å². The number of halogens is 1. The van der Waals surface area contributed by atoms with E-state index in [4.69, 9.17) is 0 Å². The molecule has 0 spiro atoms. The van der Waals surface area contributed by atoms with Crippen LogP contribution >= 0.6 is 15.9 Å². The average Bonchev–Trinajstić information content (AvgIpc) is 2.93. The second kappa shape index (κ2) is 4.94. The predicted octanol–water partition coefficient (Wildman–Crippen LogP) is 4.32. The van der Waals surface area contributed by atoms with E-state index >= 15 is 0 Å². The molecule has 1 atom stereocenters. The van der Waals surface area contributed by atoms with Gasteiger partial charge in [-0.2, -0.15) is 0 Å². The number of allylic oxidation sites excluding steroid dienone is 4. The highest BCUT2D eigenvalue weighted by Gasteiger charge is 2.26. The summed E-state index contributed by atoms with van der Waals surface area (Å²) in [6.45, 7) is 2.17. The van der Waals surface area contributed by atoms with E-state index in [0.717, 1.165) is 12.1 Å². The van der Waals surface area contributed by atoms with E-state index in [1.54, 1.807) is 6.07 Å². The molecule has 0 saturated heterocycles. The fourth-order valence-corrected chi connectivity index (χ4v) is 2.75. The third-order valence-electron chi connectivity index (χ3n) is 3.69. The van der Waals surface area contributed by atoms with Gasteiger partial charge in [-0.1, -0.05) is 37.3 Å². The van der Waals surface area contributed by atoms with Crippen molar-refractivity contribution in [2.45, 2.75) is 18.8 Å². The summed E-state index contributed by atoms with van der Waals surface area (Å²) in [6, 6.07) is 5.53. The van der Waals surface area contributed by atoms with Crippen LogP contribution in [0.25, 0.3) is 11.4 Å². The molecule has 3 rings (SSSR count). The molecule has 1 unspecified atom stereocenters. The minimum absolute atomic E-state index is 0.0678. The van der Waals surface area contributed by atoms with Gasteiger partial charge < -0.3 is 10.1 Å². The van der Waals surface area contributed by atoms with E-state index in [-0.39, 0.29) is 11.2 Å². The average molecular weight is 331 g/mol. The number of aromatic amines is 1. The molecule has 2 aromatic rings. The number of benzene rings is 1. The molecule has 3 nitrogen and oxygen atoms in total. The summed E-state index contributed by atoms with van der Waals surface area (Å²) in [5.74, 6) is 0.889. The number of imidazole rings is 1. The van der Waals surface area contributed by atoms with Crippen LogP contribution in [0.2, 0.25) is 0 Å². The van der Waals surface area contributed by atoms with E-state index in [2.05, 4.69) is 57.1 Å². The van der Waals surface area contributed by atoms with Gasteiger partial charge in [-0.25, -0.2) is 4.98 Å². The molecule has 0 amide bonds. The number of H-pyrrole nitrogens is 1. The lowest BCUT2D eigenvalue weighted by atomic mass is 9.81. The molecule has 1 heterocycles. The largest absolute Gasteiger partial charge is 0.506 e. The van der Waals surface area contributed by atoms with E-state index in [0.29, 0.717) is 15.9 Å². The number of hydrogen-bond acceptors (Lipinski definition) is 2. The second-order valence-electron chi connectivity index (χ2n) is 5.19. The molecule has 2 N–H and O–H groups in total. The quantitative estimate of drug-likeness (QED) is 0.861. The zero-order valence-corrected chi connectivity index (χ0v) is 12.7. The summed E-state index contributed by atoms with van der Waals surface area (Å²) < 4.78 is 0.666. The van der Waals surface area contributed by atoms with Gasteiger partial charge in [0.05, 0.1) is 10.0 Å². The maximum Gasteiger partial charge on any atom is 0.141 e. The van der Waals surface area contributed by atoms with E-state index in [1.807, 2.05) is 18.3 Å². The fraction of sp³-hybridized carbons (Fsp3) is 0.188. The van der Waals surface area contributed by atoms with Crippen molar-refractivity contribution in [3.8, 4) is 17.1 Å². The molecule has 0 fully saturated rings. The Labute approximate surface area is 126 Å². The first kappa shape index (κ1) is 13.2. The van der Waals surface area contributed by atoms with Gasteiger partial charge in [-0.3, -0.25) is 0 Å². The van der Waals surface area contributed by atoms with Crippen molar-refractivity contribution < 1.29 is 5.11 Å². The summed E-state index contributed by atoms with van der Waals surface area (Å²) >= 11 is 3.33. The van der Waals surface area contributed by atoms with Crippen LogP contribution in [-0.4, -0.2) is 15.1 Å². The topological polar surface area (TPSA) is 48.9 Å². The first-order chi connectivity index (χ1) is 9.60. The minimum atomic E-state index is -0.0678. The van der Waals surface area contributed by atoms with Crippen LogP contribution in [0, 0.1) is 0 Å². The first-order valence-electron chi connectivity index (χ1n) is 6.48. The molecular weight excluding hydrogens is 316 g/mol. The lowest BCUT2D eigenvalue weighted by Crippen LogP contribution is -2.19. The first-order valence-corrected chi connectivity index (χ1v) is 7.27. The fourth-order valence-electron chi connectivity index (χ4n) is 2.38. The molecule has 1 aromatic carbocycles. The Kier molecular flexibility index (Phi) is 3.26. The molecule has 0 saturated carbocycles. The number of aromatic hydroxyl groups is 1. The van der Waals surface area contributed by atoms with Gasteiger partial charge in [0.1, 0.15) is 11.6 Å². The number of phenols is 1. The van der Waals surface area contributed by atoms with Crippen molar-refractivity contribution in [1.29, 1.82) is 0 Å². The normalized spacial score (nSPS) is 21.3. The third kappa shape index (κ3) is 2.20. The Hall–Kier alpha value is -1.81. The molecule has 0 bridgehead atoms. The lowest BCUT2D eigenvalue weighted by molar-refractivity contribution is 0.473. The molecule has 102 valence electrons. The Morgan fingerprint density at radius 2 is 2.20 bits per heavy atom. The molecule has 1 aromatic heterocycles. The van der Waals surface area contributed by atoms with Gasteiger partial charge >= 0.3 is 0 Å². The summed E-state index contributed by atoms with van der Waals surface area (Å²) in [7, 11) is 0. The van der Waals surface area contributed by atoms with Gasteiger partial charge in [0.25, 0.3) is 0 Å². The highest BCUT2D eigenvalue weighted by molar-refractivity contribution is 9.10. The standard InChI is InChI=1S/C16H15BrN2O/c1-16(8-3-2-4-9-16)13-10-18-15(19-13)11-6-5-7-12(17)14(11)20/h2-8,10,20H,9H2,1H3,(H,18,19). The van der Waals surface area contributed by atoms with Crippen molar-refractivity contribution in [1.82, 2.24) is 9.97 Å². The maximum atomic E-state index is 10.1.